The summed E-state index contributed by atoms with van der Waals surface area (Å²) in [5.41, 5.74) is 5.70. The number of aromatic nitrogens is 3. The SMILES string of the molecule is CCCCCCNCc1ccc(Cn2c(CCCC)nc3c(NC(C)(C)C)nc4ccccc4c32)cc1. The van der Waals surface area contributed by atoms with Crippen molar-refractivity contribution in [2.75, 3.05) is 11.9 Å². The van der Waals surface area contributed by atoms with Crippen LogP contribution in [0.4, 0.5) is 5.82 Å². The van der Waals surface area contributed by atoms with Crippen molar-refractivity contribution in [3.8, 4) is 0 Å². The van der Waals surface area contributed by atoms with Crippen molar-refractivity contribution in [1.82, 2.24) is 19.9 Å². The minimum absolute atomic E-state index is 0.102. The number of anilines is 1. The number of hydrogen-bond acceptors (Lipinski definition) is 4. The van der Waals surface area contributed by atoms with Gasteiger partial charge in [-0.15, -0.1) is 0 Å². The fourth-order valence-corrected chi connectivity index (χ4v) is 4.88. The minimum atomic E-state index is -0.102. The van der Waals surface area contributed by atoms with Gasteiger partial charge in [-0.2, -0.15) is 0 Å². The van der Waals surface area contributed by atoms with E-state index in [1.165, 1.54) is 42.3 Å². The summed E-state index contributed by atoms with van der Waals surface area (Å²) in [6, 6.07) is 17.6. The first-order valence-electron chi connectivity index (χ1n) is 14.2. The van der Waals surface area contributed by atoms with Crippen LogP contribution >= 0.6 is 0 Å². The molecular formula is C32H45N5. The van der Waals surface area contributed by atoms with Crippen molar-refractivity contribution in [3.05, 3.63) is 65.5 Å². The van der Waals surface area contributed by atoms with Gasteiger partial charge >= 0.3 is 0 Å². The topological polar surface area (TPSA) is 54.8 Å². The number of nitrogens with one attached hydrogen (secondary N) is 2. The smallest absolute Gasteiger partial charge is 0.155 e. The molecule has 0 unspecified atom stereocenters. The Kier molecular flexibility index (Phi) is 9.20. The average Bonchev–Trinajstić information content (AvgIpc) is 3.23. The Hall–Kier alpha value is -2.92. The maximum Gasteiger partial charge on any atom is 0.155 e. The summed E-state index contributed by atoms with van der Waals surface area (Å²) >= 11 is 0. The number of fused-ring (bicyclic) bond motifs is 3. The molecule has 0 bridgehead atoms. The van der Waals surface area contributed by atoms with E-state index in [2.05, 4.69) is 98.4 Å². The van der Waals surface area contributed by atoms with Crippen LogP contribution in [0.3, 0.4) is 0 Å². The van der Waals surface area contributed by atoms with Gasteiger partial charge in [0.15, 0.2) is 5.82 Å². The van der Waals surface area contributed by atoms with Gasteiger partial charge in [0, 0.05) is 30.4 Å². The molecule has 0 aliphatic heterocycles. The van der Waals surface area contributed by atoms with Crippen molar-refractivity contribution in [1.29, 1.82) is 0 Å². The Bertz CT molecular complexity index is 1280. The van der Waals surface area contributed by atoms with Crippen molar-refractivity contribution in [3.63, 3.8) is 0 Å². The van der Waals surface area contributed by atoms with E-state index in [9.17, 15) is 0 Å². The van der Waals surface area contributed by atoms with Crippen molar-refractivity contribution in [2.45, 2.75) is 98.2 Å². The minimum Gasteiger partial charge on any atom is -0.364 e. The van der Waals surface area contributed by atoms with Gasteiger partial charge in [0.1, 0.15) is 11.3 Å². The third kappa shape index (κ3) is 7.10. The summed E-state index contributed by atoms with van der Waals surface area (Å²) in [5, 5.41) is 8.39. The number of rotatable bonds is 13. The lowest BCUT2D eigenvalue weighted by molar-refractivity contribution is 0.598. The molecule has 0 fully saturated rings. The lowest BCUT2D eigenvalue weighted by Crippen LogP contribution is -2.26. The predicted octanol–water partition coefficient (Wildman–Crippen LogP) is 7.86. The molecule has 2 aromatic carbocycles. The Morgan fingerprint density at radius 3 is 2.27 bits per heavy atom. The monoisotopic (exact) mass is 499 g/mol. The van der Waals surface area contributed by atoms with E-state index in [0.29, 0.717) is 0 Å². The van der Waals surface area contributed by atoms with E-state index >= 15 is 0 Å². The summed E-state index contributed by atoms with van der Waals surface area (Å²) < 4.78 is 2.43. The zero-order chi connectivity index (χ0) is 26.3. The molecular weight excluding hydrogens is 454 g/mol. The Labute approximate surface area is 223 Å². The number of hydrogen-bond donors (Lipinski definition) is 2. The van der Waals surface area contributed by atoms with Gasteiger partial charge in [-0.05, 0) is 57.4 Å². The summed E-state index contributed by atoms with van der Waals surface area (Å²) in [6.07, 6.45) is 8.44. The largest absolute Gasteiger partial charge is 0.364 e. The number of para-hydroxylation sites is 1. The zero-order valence-corrected chi connectivity index (χ0v) is 23.5. The van der Waals surface area contributed by atoms with Gasteiger partial charge in [-0.25, -0.2) is 9.97 Å². The molecule has 198 valence electrons. The summed E-state index contributed by atoms with van der Waals surface area (Å²) in [6.45, 7) is 13.9. The number of pyridine rings is 1. The van der Waals surface area contributed by atoms with Gasteiger partial charge in [-0.3, -0.25) is 0 Å². The van der Waals surface area contributed by atoms with Crippen molar-refractivity contribution in [2.24, 2.45) is 0 Å². The van der Waals surface area contributed by atoms with Crippen molar-refractivity contribution < 1.29 is 0 Å². The lowest BCUT2D eigenvalue weighted by Gasteiger charge is -2.22. The van der Waals surface area contributed by atoms with E-state index in [0.717, 1.165) is 67.0 Å². The highest BCUT2D eigenvalue weighted by Crippen LogP contribution is 2.32. The van der Waals surface area contributed by atoms with Gasteiger partial charge in [0.2, 0.25) is 0 Å². The number of aryl methyl sites for hydroxylation is 1. The maximum atomic E-state index is 5.20. The predicted molar refractivity (Wildman–Crippen MR) is 158 cm³/mol. The molecule has 2 N–H and O–H groups in total. The van der Waals surface area contributed by atoms with E-state index in [1.807, 2.05) is 0 Å². The molecule has 4 aromatic rings. The fraction of sp³-hybridized carbons (Fsp3) is 0.500. The second kappa shape index (κ2) is 12.6. The standard InChI is InChI=1S/C32H45N5/c1-6-8-10-13-21-33-22-24-17-19-25(20-18-24)23-37-28(16-9-7-2)35-29-30(37)26-14-11-12-15-27(26)34-31(29)36-32(3,4)5/h11-12,14-15,17-20,33H,6-10,13,16,21-23H2,1-5H3,(H,34,36). The van der Waals surface area contributed by atoms with Crippen LogP contribution in [0.25, 0.3) is 21.9 Å². The van der Waals surface area contributed by atoms with Crippen LogP contribution in [0.15, 0.2) is 48.5 Å². The summed E-state index contributed by atoms with van der Waals surface area (Å²) in [7, 11) is 0. The highest BCUT2D eigenvalue weighted by molar-refractivity contribution is 6.07. The molecule has 0 amide bonds. The molecule has 0 atom stereocenters. The van der Waals surface area contributed by atoms with E-state index in [4.69, 9.17) is 9.97 Å². The fourth-order valence-electron chi connectivity index (χ4n) is 4.88. The molecule has 2 heterocycles. The number of imidazole rings is 1. The Balaban J connectivity index is 1.65. The lowest BCUT2D eigenvalue weighted by atomic mass is 10.1. The molecule has 0 aliphatic carbocycles. The van der Waals surface area contributed by atoms with Gasteiger partial charge in [0.05, 0.1) is 11.0 Å². The highest BCUT2D eigenvalue weighted by atomic mass is 15.1. The molecule has 5 nitrogen and oxygen atoms in total. The first kappa shape index (κ1) is 27.1. The molecule has 0 radical (unpaired) electrons. The molecule has 0 aliphatic rings. The van der Waals surface area contributed by atoms with Crippen LogP contribution in [-0.4, -0.2) is 26.6 Å². The number of benzene rings is 2. The second-order valence-corrected chi connectivity index (χ2v) is 11.3. The maximum absolute atomic E-state index is 5.20. The van der Waals surface area contributed by atoms with Crippen LogP contribution in [0.2, 0.25) is 0 Å². The molecule has 37 heavy (non-hydrogen) atoms. The van der Waals surface area contributed by atoms with Crippen LogP contribution in [0, 0.1) is 0 Å². The van der Waals surface area contributed by atoms with Gasteiger partial charge in [-0.1, -0.05) is 82.0 Å². The molecule has 0 saturated carbocycles. The molecule has 4 rings (SSSR count). The summed E-state index contributed by atoms with van der Waals surface area (Å²) in [4.78, 5) is 10.2. The number of nitrogens with zero attached hydrogens (tertiary/aromatic N) is 3. The van der Waals surface area contributed by atoms with Crippen LogP contribution in [0.1, 0.15) is 90.1 Å². The van der Waals surface area contributed by atoms with Crippen LogP contribution in [-0.2, 0) is 19.5 Å². The molecule has 2 aromatic heterocycles. The average molecular weight is 500 g/mol. The normalized spacial score (nSPS) is 12.0. The van der Waals surface area contributed by atoms with Gasteiger partial charge < -0.3 is 15.2 Å². The first-order valence-corrected chi connectivity index (χ1v) is 14.2. The second-order valence-electron chi connectivity index (χ2n) is 11.3. The van der Waals surface area contributed by atoms with E-state index < -0.39 is 0 Å². The van der Waals surface area contributed by atoms with Crippen LogP contribution in [0.5, 0.6) is 0 Å². The highest BCUT2D eigenvalue weighted by Gasteiger charge is 2.21. The van der Waals surface area contributed by atoms with E-state index in [-0.39, 0.29) is 5.54 Å². The summed E-state index contributed by atoms with van der Waals surface area (Å²) in [5.74, 6) is 2.02. The van der Waals surface area contributed by atoms with Gasteiger partial charge in [0.25, 0.3) is 0 Å². The Morgan fingerprint density at radius 1 is 0.811 bits per heavy atom. The third-order valence-corrected chi connectivity index (χ3v) is 6.81. The first-order chi connectivity index (χ1) is 17.9. The zero-order valence-electron chi connectivity index (χ0n) is 23.5. The number of unbranched alkanes of at least 4 members (excludes halogenated alkanes) is 4. The van der Waals surface area contributed by atoms with Crippen molar-refractivity contribution >= 4 is 27.8 Å². The molecule has 5 heteroatoms. The van der Waals surface area contributed by atoms with E-state index in [1.54, 1.807) is 0 Å². The quantitative estimate of drug-likeness (QED) is 0.184. The van der Waals surface area contributed by atoms with Crippen LogP contribution < -0.4 is 10.6 Å². The third-order valence-electron chi connectivity index (χ3n) is 6.81. The Morgan fingerprint density at radius 2 is 1.54 bits per heavy atom. The molecule has 0 saturated heterocycles. The molecule has 0 spiro atoms.